The molecule has 8 heteroatoms. The summed E-state index contributed by atoms with van der Waals surface area (Å²) in [6, 6.07) is 5.75. The summed E-state index contributed by atoms with van der Waals surface area (Å²) in [5, 5.41) is 0. The van der Waals surface area contributed by atoms with Gasteiger partial charge < -0.3 is 10.6 Å². The van der Waals surface area contributed by atoms with E-state index < -0.39 is 10.0 Å². The van der Waals surface area contributed by atoms with E-state index >= 15 is 0 Å². The number of nitrogens with one attached hydrogen (secondary N) is 1. The lowest BCUT2D eigenvalue weighted by molar-refractivity contribution is 0.0827. The highest BCUT2D eigenvalue weighted by molar-refractivity contribution is 7.89. The summed E-state index contributed by atoms with van der Waals surface area (Å²) in [5.74, 6) is 0.150. The number of carbonyl (C=O) groups is 1. The molecular formula is C16H26ClN3O3S. The summed E-state index contributed by atoms with van der Waals surface area (Å²) in [4.78, 5) is 13.5. The average Bonchev–Trinajstić information content (AvgIpc) is 3.06. The van der Waals surface area contributed by atoms with Gasteiger partial charge in [0.15, 0.2) is 0 Å². The van der Waals surface area contributed by atoms with E-state index in [4.69, 9.17) is 5.73 Å². The number of nitrogens with zero attached hydrogens (tertiary/aromatic N) is 1. The molecule has 1 saturated carbocycles. The number of amides is 1. The first-order valence-corrected chi connectivity index (χ1v) is 9.37. The fraction of sp³-hybridized carbons (Fsp3) is 0.562. The van der Waals surface area contributed by atoms with Gasteiger partial charge in [-0.15, -0.1) is 12.4 Å². The van der Waals surface area contributed by atoms with Crippen molar-refractivity contribution in [2.75, 3.05) is 20.6 Å². The maximum absolute atomic E-state index is 12.5. The molecule has 1 fully saturated rings. The lowest BCUT2D eigenvalue weighted by Gasteiger charge is -2.23. The molecule has 1 aromatic carbocycles. The number of carbonyl (C=O) groups excluding carboxylic acids is 1. The first-order chi connectivity index (χ1) is 10.8. The van der Waals surface area contributed by atoms with Crippen LogP contribution in [-0.4, -0.2) is 45.9 Å². The minimum Gasteiger partial charge on any atom is -0.345 e. The van der Waals surface area contributed by atoms with E-state index in [9.17, 15) is 13.2 Å². The summed E-state index contributed by atoms with van der Waals surface area (Å²) < 4.78 is 27.7. The van der Waals surface area contributed by atoms with Gasteiger partial charge in [0, 0.05) is 32.2 Å². The molecular weight excluding hydrogens is 350 g/mol. The highest BCUT2D eigenvalue weighted by Crippen LogP contribution is 2.28. The van der Waals surface area contributed by atoms with Gasteiger partial charge in [-0.3, -0.25) is 4.79 Å². The van der Waals surface area contributed by atoms with Crippen LogP contribution in [-0.2, 0) is 10.0 Å². The van der Waals surface area contributed by atoms with Crippen LogP contribution < -0.4 is 10.5 Å². The van der Waals surface area contributed by atoms with Crippen molar-refractivity contribution in [2.45, 2.75) is 36.6 Å². The van der Waals surface area contributed by atoms with E-state index in [0.29, 0.717) is 18.0 Å². The number of hydrogen-bond acceptors (Lipinski definition) is 4. The maximum atomic E-state index is 12.5. The normalized spacial score (nSPS) is 16.5. The molecule has 136 valence electrons. The van der Waals surface area contributed by atoms with Crippen LogP contribution in [0.25, 0.3) is 0 Å². The Morgan fingerprint density at radius 2 is 1.79 bits per heavy atom. The third-order valence-corrected chi connectivity index (χ3v) is 5.85. The van der Waals surface area contributed by atoms with Gasteiger partial charge in [-0.05, 0) is 43.0 Å². The number of sulfonamides is 1. The minimum absolute atomic E-state index is 0. The topological polar surface area (TPSA) is 92.5 Å². The van der Waals surface area contributed by atoms with Crippen LogP contribution in [0, 0.1) is 5.92 Å². The predicted molar refractivity (Wildman–Crippen MR) is 96.8 cm³/mol. The Morgan fingerprint density at radius 1 is 1.25 bits per heavy atom. The summed E-state index contributed by atoms with van der Waals surface area (Å²) in [7, 11) is -0.317. The molecule has 0 spiro atoms. The molecule has 1 aliphatic carbocycles. The number of benzene rings is 1. The number of hydrogen-bond donors (Lipinski definition) is 2. The molecule has 6 nitrogen and oxygen atoms in total. The molecule has 3 N–H and O–H groups in total. The van der Waals surface area contributed by atoms with Crippen molar-refractivity contribution < 1.29 is 13.2 Å². The van der Waals surface area contributed by atoms with Gasteiger partial charge in [0.2, 0.25) is 10.0 Å². The van der Waals surface area contributed by atoms with Gasteiger partial charge >= 0.3 is 0 Å². The van der Waals surface area contributed by atoms with Gasteiger partial charge in [0.05, 0.1) is 4.90 Å². The van der Waals surface area contributed by atoms with Crippen molar-refractivity contribution in [1.82, 2.24) is 9.62 Å². The minimum atomic E-state index is -3.63. The Morgan fingerprint density at radius 3 is 2.25 bits per heavy atom. The van der Waals surface area contributed by atoms with E-state index in [1.165, 1.54) is 29.2 Å². The van der Waals surface area contributed by atoms with Crippen LogP contribution in [0.5, 0.6) is 0 Å². The molecule has 1 amide bonds. The SMILES string of the molecule is CN(C)C(=O)c1ccc(S(=O)(=O)NC(CN)C2CCCC2)cc1.Cl. The van der Waals surface area contributed by atoms with E-state index in [2.05, 4.69) is 4.72 Å². The van der Waals surface area contributed by atoms with Crippen molar-refractivity contribution in [3.05, 3.63) is 29.8 Å². The number of halogens is 1. The van der Waals surface area contributed by atoms with E-state index in [1.807, 2.05) is 0 Å². The van der Waals surface area contributed by atoms with Gasteiger partial charge in [0.1, 0.15) is 0 Å². The molecule has 1 unspecified atom stereocenters. The molecule has 0 saturated heterocycles. The van der Waals surface area contributed by atoms with Gasteiger partial charge in [-0.2, -0.15) is 0 Å². The molecule has 1 aliphatic rings. The second-order valence-corrected chi connectivity index (χ2v) is 7.95. The Balaban J connectivity index is 0.00000288. The monoisotopic (exact) mass is 375 g/mol. The Hall–Kier alpha value is -1.15. The first-order valence-electron chi connectivity index (χ1n) is 7.89. The summed E-state index contributed by atoms with van der Waals surface area (Å²) in [6.45, 7) is 0.293. The maximum Gasteiger partial charge on any atom is 0.253 e. The molecule has 2 rings (SSSR count). The Bertz CT molecular complexity index is 641. The van der Waals surface area contributed by atoms with Gasteiger partial charge in [0.25, 0.3) is 5.91 Å². The van der Waals surface area contributed by atoms with Crippen LogP contribution in [0.1, 0.15) is 36.0 Å². The largest absolute Gasteiger partial charge is 0.345 e. The number of nitrogens with two attached hydrogens (primary N) is 1. The zero-order chi connectivity index (χ0) is 17.0. The zero-order valence-corrected chi connectivity index (χ0v) is 15.7. The molecule has 0 bridgehead atoms. The predicted octanol–water partition coefficient (Wildman–Crippen LogP) is 1.61. The summed E-state index contributed by atoms with van der Waals surface area (Å²) in [5.41, 5.74) is 6.22. The van der Waals surface area contributed by atoms with E-state index in [1.54, 1.807) is 14.1 Å². The number of rotatable bonds is 6. The van der Waals surface area contributed by atoms with Gasteiger partial charge in [-0.25, -0.2) is 13.1 Å². The summed E-state index contributed by atoms with van der Waals surface area (Å²) in [6.07, 6.45) is 4.29. The van der Waals surface area contributed by atoms with Crippen LogP contribution in [0.4, 0.5) is 0 Å². The first kappa shape index (κ1) is 20.9. The second-order valence-electron chi connectivity index (χ2n) is 6.23. The lowest BCUT2D eigenvalue weighted by atomic mass is 9.99. The van der Waals surface area contributed by atoms with Crippen molar-refractivity contribution in [3.8, 4) is 0 Å². The van der Waals surface area contributed by atoms with E-state index in [-0.39, 0.29) is 29.3 Å². The van der Waals surface area contributed by atoms with Crippen LogP contribution in [0.15, 0.2) is 29.2 Å². The molecule has 1 atom stereocenters. The second kappa shape index (κ2) is 8.80. The van der Waals surface area contributed by atoms with Crippen molar-refractivity contribution >= 4 is 28.3 Å². The van der Waals surface area contributed by atoms with Crippen molar-refractivity contribution in [3.63, 3.8) is 0 Å². The van der Waals surface area contributed by atoms with Crippen LogP contribution in [0.2, 0.25) is 0 Å². The quantitative estimate of drug-likeness (QED) is 0.789. The standard InChI is InChI=1S/C16H25N3O3S.ClH/c1-19(2)16(20)13-7-9-14(10-8-13)23(21,22)18-15(11-17)12-5-3-4-6-12;/h7-10,12,15,18H,3-6,11,17H2,1-2H3;1H. The fourth-order valence-electron chi connectivity index (χ4n) is 3.00. The fourth-order valence-corrected chi connectivity index (χ4v) is 4.32. The highest BCUT2D eigenvalue weighted by atomic mass is 35.5. The molecule has 1 aromatic rings. The third kappa shape index (κ3) is 4.92. The van der Waals surface area contributed by atoms with E-state index in [0.717, 1.165) is 25.7 Å². The third-order valence-electron chi connectivity index (χ3n) is 4.35. The lowest BCUT2D eigenvalue weighted by Crippen LogP contribution is -2.44. The zero-order valence-electron chi connectivity index (χ0n) is 14.1. The smallest absolute Gasteiger partial charge is 0.253 e. The van der Waals surface area contributed by atoms with Crippen molar-refractivity contribution in [2.24, 2.45) is 11.7 Å². The Kier molecular flexibility index (Phi) is 7.66. The molecule has 0 radical (unpaired) electrons. The van der Waals surface area contributed by atoms with Crippen molar-refractivity contribution in [1.29, 1.82) is 0 Å². The van der Waals surface area contributed by atoms with Crippen LogP contribution >= 0.6 is 12.4 Å². The van der Waals surface area contributed by atoms with Crippen LogP contribution in [0.3, 0.4) is 0 Å². The average molecular weight is 376 g/mol. The van der Waals surface area contributed by atoms with Gasteiger partial charge in [-0.1, -0.05) is 12.8 Å². The highest BCUT2D eigenvalue weighted by Gasteiger charge is 2.28. The molecule has 0 heterocycles. The molecule has 0 aliphatic heterocycles. The molecule has 24 heavy (non-hydrogen) atoms. The molecule has 0 aromatic heterocycles. The summed E-state index contributed by atoms with van der Waals surface area (Å²) >= 11 is 0. The Labute approximate surface area is 150 Å².